The van der Waals surface area contributed by atoms with Crippen molar-refractivity contribution < 1.29 is 14.3 Å². The minimum absolute atomic E-state index is 0.175. The van der Waals surface area contributed by atoms with E-state index in [1.54, 1.807) is 20.1 Å². The van der Waals surface area contributed by atoms with Crippen molar-refractivity contribution in [3.05, 3.63) is 23.8 Å². The highest BCUT2D eigenvalue weighted by atomic mass is 35.5. The van der Waals surface area contributed by atoms with Crippen LogP contribution in [0.5, 0.6) is 0 Å². The number of hydrogen-bond donors (Lipinski definition) is 2. The molecule has 1 heterocycles. The second kappa shape index (κ2) is 9.78. The van der Waals surface area contributed by atoms with Gasteiger partial charge in [-0.2, -0.15) is 0 Å². The van der Waals surface area contributed by atoms with Crippen LogP contribution < -0.4 is 15.5 Å². The molecule has 0 aliphatic carbocycles. The number of nitrogens with one attached hydrogen (secondary N) is 2. The molecule has 144 valence electrons. The maximum absolute atomic E-state index is 12.7. The zero-order valence-electron chi connectivity index (χ0n) is 15.7. The molecule has 1 saturated heterocycles. The van der Waals surface area contributed by atoms with Gasteiger partial charge in [0, 0.05) is 38.1 Å². The lowest BCUT2D eigenvalue weighted by atomic mass is 9.97. The zero-order chi connectivity index (χ0) is 19.1. The lowest BCUT2D eigenvalue weighted by molar-refractivity contribution is -0.115. The molecule has 0 aromatic heterocycles. The van der Waals surface area contributed by atoms with Crippen molar-refractivity contribution in [2.24, 2.45) is 5.92 Å². The van der Waals surface area contributed by atoms with Crippen LogP contribution in [-0.4, -0.2) is 50.5 Å². The molecule has 1 aromatic rings. The summed E-state index contributed by atoms with van der Waals surface area (Å²) < 4.78 is 4.99. The summed E-state index contributed by atoms with van der Waals surface area (Å²) in [5.74, 6) is 0.233. The van der Waals surface area contributed by atoms with Gasteiger partial charge in [-0.15, -0.1) is 11.6 Å². The van der Waals surface area contributed by atoms with Gasteiger partial charge in [-0.05, 0) is 43.9 Å². The summed E-state index contributed by atoms with van der Waals surface area (Å²) in [6.07, 6.45) is 2.21. The van der Waals surface area contributed by atoms with Crippen molar-refractivity contribution in [2.75, 3.05) is 43.6 Å². The Morgan fingerprint density at radius 3 is 2.65 bits per heavy atom. The van der Waals surface area contributed by atoms with E-state index < -0.39 is 5.38 Å². The molecule has 1 aromatic carbocycles. The number of nitrogens with zero attached hydrogens (tertiary/aromatic N) is 1. The number of piperidine rings is 1. The Balaban J connectivity index is 2.24. The zero-order valence-corrected chi connectivity index (χ0v) is 16.4. The largest absolute Gasteiger partial charge is 0.383 e. The lowest BCUT2D eigenvalue weighted by Crippen LogP contribution is -2.35. The number of rotatable bonds is 7. The van der Waals surface area contributed by atoms with Crippen molar-refractivity contribution in [1.82, 2.24) is 5.32 Å². The first-order valence-electron chi connectivity index (χ1n) is 9.03. The molecule has 1 atom stereocenters. The first-order chi connectivity index (χ1) is 12.4. The number of benzene rings is 1. The van der Waals surface area contributed by atoms with Crippen LogP contribution in [0.25, 0.3) is 0 Å². The molecule has 1 aliphatic rings. The summed E-state index contributed by atoms with van der Waals surface area (Å²) >= 11 is 5.82. The second-order valence-corrected chi connectivity index (χ2v) is 7.41. The first-order valence-corrected chi connectivity index (χ1v) is 9.47. The quantitative estimate of drug-likeness (QED) is 0.562. The summed E-state index contributed by atoms with van der Waals surface area (Å²) in [7, 11) is 1.59. The minimum Gasteiger partial charge on any atom is -0.383 e. The number of anilines is 2. The monoisotopic (exact) mass is 381 g/mol. The van der Waals surface area contributed by atoms with E-state index in [4.69, 9.17) is 16.3 Å². The number of halogens is 1. The highest BCUT2D eigenvalue weighted by molar-refractivity contribution is 6.32. The molecule has 26 heavy (non-hydrogen) atoms. The molecule has 2 amide bonds. The number of alkyl halides is 1. The van der Waals surface area contributed by atoms with E-state index in [0.717, 1.165) is 31.6 Å². The Hall–Kier alpha value is -1.79. The fourth-order valence-corrected chi connectivity index (χ4v) is 2.98. The van der Waals surface area contributed by atoms with Gasteiger partial charge in [0.05, 0.1) is 12.2 Å². The van der Waals surface area contributed by atoms with E-state index >= 15 is 0 Å². The highest BCUT2D eigenvalue weighted by Gasteiger charge is 2.22. The van der Waals surface area contributed by atoms with Crippen LogP contribution >= 0.6 is 11.6 Å². The molecule has 0 saturated carbocycles. The molecule has 0 bridgehead atoms. The number of methoxy groups -OCH3 is 1. The predicted octanol–water partition coefficient (Wildman–Crippen LogP) is 2.86. The lowest BCUT2D eigenvalue weighted by Gasteiger charge is -2.33. The average molecular weight is 382 g/mol. The van der Waals surface area contributed by atoms with Gasteiger partial charge >= 0.3 is 0 Å². The molecule has 1 aliphatic heterocycles. The van der Waals surface area contributed by atoms with Crippen LogP contribution in [0.4, 0.5) is 11.4 Å². The Kier molecular flexibility index (Phi) is 7.72. The van der Waals surface area contributed by atoms with E-state index in [0.29, 0.717) is 30.3 Å². The first kappa shape index (κ1) is 20.5. The van der Waals surface area contributed by atoms with E-state index in [1.165, 1.54) is 0 Å². The number of ether oxygens (including phenoxy) is 1. The fourth-order valence-electron chi connectivity index (χ4n) is 2.92. The van der Waals surface area contributed by atoms with Crippen LogP contribution in [0.2, 0.25) is 0 Å². The smallest absolute Gasteiger partial charge is 0.253 e. The van der Waals surface area contributed by atoms with Crippen LogP contribution in [-0.2, 0) is 9.53 Å². The summed E-state index contributed by atoms with van der Waals surface area (Å²) in [4.78, 5) is 26.8. The third-order valence-corrected chi connectivity index (χ3v) is 4.78. The van der Waals surface area contributed by atoms with Gasteiger partial charge < -0.3 is 20.3 Å². The van der Waals surface area contributed by atoms with E-state index in [1.807, 2.05) is 12.1 Å². The molecular formula is C19H28ClN3O3. The van der Waals surface area contributed by atoms with Gasteiger partial charge in [0.2, 0.25) is 5.91 Å². The molecular weight excluding hydrogens is 354 g/mol. The van der Waals surface area contributed by atoms with Gasteiger partial charge in [-0.1, -0.05) is 6.92 Å². The van der Waals surface area contributed by atoms with Gasteiger partial charge in [0.25, 0.3) is 5.91 Å². The SMILES string of the molecule is COCCNC(=O)c1cc(NC(=O)C(C)Cl)ccc1N1CCC(C)CC1. The van der Waals surface area contributed by atoms with E-state index in [2.05, 4.69) is 22.5 Å². The van der Waals surface area contributed by atoms with Crippen molar-refractivity contribution in [3.8, 4) is 0 Å². The predicted molar refractivity (Wildman–Crippen MR) is 105 cm³/mol. The van der Waals surface area contributed by atoms with E-state index in [-0.39, 0.29) is 11.8 Å². The molecule has 1 fully saturated rings. The maximum Gasteiger partial charge on any atom is 0.253 e. The third kappa shape index (κ3) is 5.61. The van der Waals surface area contributed by atoms with Crippen molar-refractivity contribution in [1.29, 1.82) is 0 Å². The Labute approximate surface area is 160 Å². The van der Waals surface area contributed by atoms with Crippen molar-refractivity contribution in [2.45, 2.75) is 32.1 Å². The summed E-state index contributed by atoms with van der Waals surface area (Å²) in [5.41, 5.74) is 2.01. The van der Waals surface area contributed by atoms with Gasteiger partial charge in [0.15, 0.2) is 0 Å². The molecule has 0 radical (unpaired) electrons. The molecule has 6 nitrogen and oxygen atoms in total. The van der Waals surface area contributed by atoms with Crippen molar-refractivity contribution >= 4 is 34.8 Å². The molecule has 7 heteroatoms. The minimum atomic E-state index is -0.641. The van der Waals surface area contributed by atoms with Crippen LogP contribution in [0.15, 0.2) is 18.2 Å². The standard InChI is InChI=1S/C19H28ClN3O3/c1-13-6-9-23(10-7-13)17-5-4-15(22-18(24)14(2)20)12-16(17)19(25)21-8-11-26-3/h4-5,12-14H,6-11H2,1-3H3,(H,21,25)(H,22,24). The average Bonchev–Trinajstić information content (AvgIpc) is 2.62. The van der Waals surface area contributed by atoms with Crippen LogP contribution in [0.3, 0.4) is 0 Å². The summed E-state index contributed by atoms with van der Waals surface area (Å²) in [6.45, 7) is 6.58. The van der Waals surface area contributed by atoms with E-state index in [9.17, 15) is 9.59 Å². The van der Waals surface area contributed by atoms with Gasteiger partial charge in [-0.3, -0.25) is 9.59 Å². The van der Waals surface area contributed by atoms with Crippen LogP contribution in [0, 0.1) is 5.92 Å². The topological polar surface area (TPSA) is 70.7 Å². The Bertz CT molecular complexity index is 628. The Morgan fingerprint density at radius 2 is 2.04 bits per heavy atom. The normalized spacial score (nSPS) is 16.2. The third-order valence-electron chi connectivity index (χ3n) is 4.59. The highest BCUT2D eigenvalue weighted by Crippen LogP contribution is 2.28. The number of amides is 2. The number of hydrogen-bond acceptors (Lipinski definition) is 4. The molecule has 0 spiro atoms. The van der Waals surface area contributed by atoms with Crippen LogP contribution in [0.1, 0.15) is 37.0 Å². The Morgan fingerprint density at radius 1 is 1.35 bits per heavy atom. The number of carbonyl (C=O) groups excluding carboxylic acids is 2. The number of carbonyl (C=O) groups is 2. The molecule has 1 unspecified atom stereocenters. The molecule has 2 rings (SSSR count). The molecule has 2 N–H and O–H groups in total. The van der Waals surface area contributed by atoms with Gasteiger partial charge in [0.1, 0.15) is 5.38 Å². The summed E-state index contributed by atoms with van der Waals surface area (Å²) in [6, 6.07) is 5.43. The second-order valence-electron chi connectivity index (χ2n) is 6.76. The van der Waals surface area contributed by atoms with Gasteiger partial charge in [-0.25, -0.2) is 0 Å². The fraction of sp³-hybridized carbons (Fsp3) is 0.579. The van der Waals surface area contributed by atoms with Crippen molar-refractivity contribution in [3.63, 3.8) is 0 Å². The summed E-state index contributed by atoms with van der Waals surface area (Å²) in [5, 5.41) is 4.97. The maximum atomic E-state index is 12.7.